The number of anilines is 1. The van der Waals surface area contributed by atoms with Gasteiger partial charge in [0.05, 0.1) is 4.90 Å². The van der Waals surface area contributed by atoms with E-state index in [9.17, 15) is 13.2 Å². The molecule has 1 aliphatic rings. The molecule has 1 amide bonds. The quantitative estimate of drug-likeness (QED) is 0.947. The first kappa shape index (κ1) is 14.8. The Hall–Kier alpha value is -2.14. The van der Waals surface area contributed by atoms with E-state index in [-0.39, 0.29) is 10.8 Å². The van der Waals surface area contributed by atoms with Crippen molar-refractivity contribution in [3.8, 4) is 0 Å². The number of aryl methyl sites for hydroxylation is 2. The Morgan fingerprint density at radius 3 is 2.59 bits per heavy atom. The van der Waals surface area contributed by atoms with Gasteiger partial charge in [0.25, 0.3) is 5.91 Å². The van der Waals surface area contributed by atoms with Crippen LogP contribution in [-0.4, -0.2) is 20.6 Å². The summed E-state index contributed by atoms with van der Waals surface area (Å²) in [5.74, 6) is -0.302. The van der Waals surface area contributed by atoms with Gasteiger partial charge in [0.1, 0.15) is 0 Å². The van der Waals surface area contributed by atoms with E-state index in [4.69, 9.17) is 0 Å². The fourth-order valence-electron chi connectivity index (χ4n) is 2.72. The second-order valence-electron chi connectivity index (χ2n) is 5.59. The van der Waals surface area contributed by atoms with Gasteiger partial charge in [-0.05, 0) is 60.7 Å². The summed E-state index contributed by atoms with van der Waals surface area (Å²) in [6.45, 7) is 0. The highest BCUT2D eigenvalue weighted by atomic mass is 32.2. The summed E-state index contributed by atoms with van der Waals surface area (Å²) < 4.78 is 23.1. The molecular formula is C17H17NO3S. The summed E-state index contributed by atoms with van der Waals surface area (Å²) >= 11 is 0. The van der Waals surface area contributed by atoms with Crippen LogP contribution >= 0.6 is 0 Å². The number of sulfone groups is 1. The molecule has 5 heteroatoms. The maximum Gasteiger partial charge on any atom is 0.255 e. The van der Waals surface area contributed by atoms with Crippen molar-refractivity contribution in [2.24, 2.45) is 0 Å². The lowest BCUT2D eigenvalue weighted by Gasteiger charge is -2.08. The zero-order valence-electron chi connectivity index (χ0n) is 12.3. The zero-order chi connectivity index (χ0) is 15.7. The highest BCUT2D eigenvalue weighted by Gasteiger charge is 2.14. The summed E-state index contributed by atoms with van der Waals surface area (Å²) in [6.07, 6.45) is 4.43. The van der Waals surface area contributed by atoms with Crippen LogP contribution in [0.5, 0.6) is 0 Å². The van der Waals surface area contributed by atoms with Crippen LogP contribution in [-0.2, 0) is 22.7 Å². The highest BCUT2D eigenvalue weighted by molar-refractivity contribution is 7.90. The average Bonchev–Trinajstić information content (AvgIpc) is 2.94. The Morgan fingerprint density at radius 1 is 1.05 bits per heavy atom. The van der Waals surface area contributed by atoms with Crippen molar-refractivity contribution >= 4 is 21.4 Å². The minimum atomic E-state index is -3.32. The van der Waals surface area contributed by atoms with Crippen molar-refractivity contribution in [2.45, 2.75) is 24.2 Å². The van der Waals surface area contributed by atoms with E-state index < -0.39 is 9.84 Å². The summed E-state index contributed by atoms with van der Waals surface area (Å²) in [4.78, 5) is 12.4. The molecule has 0 atom stereocenters. The van der Waals surface area contributed by atoms with Crippen molar-refractivity contribution in [2.75, 3.05) is 11.6 Å². The Kier molecular flexibility index (Phi) is 3.74. The third kappa shape index (κ3) is 3.04. The second kappa shape index (κ2) is 5.57. The molecule has 0 spiro atoms. The molecule has 0 saturated heterocycles. The topological polar surface area (TPSA) is 63.2 Å². The molecule has 0 unspecified atom stereocenters. The molecular weight excluding hydrogens is 298 g/mol. The molecule has 4 nitrogen and oxygen atoms in total. The summed E-state index contributed by atoms with van der Waals surface area (Å²) in [6, 6.07) is 12.0. The molecule has 0 aromatic heterocycles. The van der Waals surface area contributed by atoms with Crippen LogP contribution in [0.15, 0.2) is 47.4 Å². The monoisotopic (exact) mass is 315 g/mol. The molecule has 0 aliphatic heterocycles. The molecule has 2 aromatic carbocycles. The SMILES string of the molecule is CS(=O)(=O)c1cccc(C(=O)Nc2ccc3c(c2)CCC3)c1. The number of amides is 1. The van der Waals surface area contributed by atoms with E-state index in [1.807, 2.05) is 18.2 Å². The smallest absolute Gasteiger partial charge is 0.255 e. The lowest BCUT2D eigenvalue weighted by Crippen LogP contribution is -2.13. The first-order valence-electron chi connectivity index (χ1n) is 7.17. The predicted octanol–water partition coefficient (Wildman–Crippen LogP) is 2.83. The Bertz CT molecular complexity index is 841. The van der Waals surface area contributed by atoms with Crippen molar-refractivity contribution in [1.82, 2.24) is 0 Å². The lowest BCUT2D eigenvalue weighted by atomic mass is 10.1. The van der Waals surface area contributed by atoms with Crippen LogP contribution in [0.3, 0.4) is 0 Å². The van der Waals surface area contributed by atoms with Crippen LogP contribution in [0, 0.1) is 0 Å². The first-order chi connectivity index (χ1) is 10.4. The molecule has 0 bridgehead atoms. The average molecular weight is 315 g/mol. The van der Waals surface area contributed by atoms with Gasteiger partial charge in [0.15, 0.2) is 9.84 Å². The molecule has 1 N–H and O–H groups in total. The van der Waals surface area contributed by atoms with Crippen LogP contribution in [0.1, 0.15) is 27.9 Å². The van der Waals surface area contributed by atoms with Gasteiger partial charge >= 0.3 is 0 Å². The largest absolute Gasteiger partial charge is 0.322 e. The van der Waals surface area contributed by atoms with Gasteiger partial charge in [-0.25, -0.2) is 8.42 Å². The predicted molar refractivity (Wildman–Crippen MR) is 86.0 cm³/mol. The normalized spacial score (nSPS) is 13.7. The third-order valence-electron chi connectivity index (χ3n) is 3.88. The van der Waals surface area contributed by atoms with Gasteiger partial charge in [0, 0.05) is 17.5 Å². The summed E-state index contributed by atoms with van der Waals surface area (Å²) in [5.41, 5.74) is 3.71. The molecule has 1 aliphatic carbocycles. The maximum atomic E-state index is 12.3. The number of carbonyl (C=O) groups is 1. The van der Waals surface area contributed by atoms with Gasteiger partial charge in [0.2, 0.25) is 0 Å². The number of carbonyl (C=O) groups excluding carboxylic acids is 1. The molecule has 0 heterocycles. The fraction of sp³-hybridized carbons (Fsp3) is 0.235. The van der Waals surface area contributed by atoms with E-state index in [0.717, 1.165) is 31.2 Å². The van der Waals surface area contributed by atoms with Gasteiger partial charge in [-0.2, -0.15) is 0 Å². The summed E-state index contributed by atoms with van der Waals surface area (Å²) in [7, 11) is -3.32. The van der Waals surface area contributed by atoms with Gasteiger partial charge in [-0.1, -0.05) is 12.1 Å². The van der Waals surface area contributed by atoms with Crippen molar-refractivity contribution in [3.05, 3.63) is 59.2 Å². The van der Waals surface area contributed by atoms with Gasteiger partial charge in [-0.15, -0.1) is 0 Å². The molecule has 22 heavy (non-hydrogen) atoms. The Morgan fingerprint density at radius 2 is 1.82 bits per heavy atom. The van der Waals surface area contributed by atoms with E-state index in [1.165, 1.54) is 23.3 Å². The van der Waals surface area contributed by atoms with E-state index in [1.54, 1.807) is 12.1 Å². The first-order valence-corrected chi connectivity index (χ1v) is 9.06. The number of fused-ring (bicyclic) bond motifs is 1. The summed E-state index contributed by atoms with van der Waals surface area (Å²) in [5, 5.41) is 2.83. The van der Waals surface area contributed by atoms with Crippen LogP contribution in [0.2, 0.25) is 0 Å². The highest BCUT2D eigenvalue weighted by Crippen LogP contribution is 2.25. The van der Waals surface area contributed by atoms with Gasteiger partial charge in [-0.3, -0.25) is 4.79 Å². The minimum absolute atomic E-state index is 0.147. The number of rotatable bonds is 3. The second-order valence-corrected chi connectivity index (χ2v) is 7.61. The van der Waals surface area contributed by atoms with E-state index in [0.29, 0.717) is 5.56 Å². The van der Waals surface area contributed by atoms with Gasteiger partial charge < -0.3 is 5.32 Å². The Balaban J connectivity index is 1.83. The standard InChI is InChI=1S/C17H17NO3S/c1-22(20,21)16-7-3-6-14(11-16)17(19)18-15-9-8-12-4-2-5-13(12)10-15/h3,6-11H,2,4-5H2,1H3,(H,18,19). The molecule has 0 fully saturated rings. The van der Waals surface area contributed by atoms with Crippen LogP contribution in [0.4, 0.5) is 5.69 Å². The molecule has 3 rings (SSSR count). The number of benzene rings is 2. The third-order valence-corrected chi connectivity index (χ3v) is 4.99. The number of hydrogen-bond acceptors (Lipinski definition) is 3. The van der Waals surface area contributed by atoms with E-state index >= 15 is 0 Å². The molecule has 114 valence electrons. The van der Waals surface area contributed by atoms with Crippen molar-refractivity contribution in [3.63, 3.8) is 0 Å². The minimum Gasteiger partial charge on any atom is -0.322 e. The zero-order valence-corrected chi connectivity index (χ0v) is 13.1. The number of nitrogens with one attached hydrogen (secondary N) is 1. The van der Waals surface area contributed by atoms with Crippen molar-refractivity contribution < 1.29 is 13.2 Å². The van der Waals surface area contributed by atoms with Crippen molar-refractivity contribution in [1.29, 1.82) is 0 Å². The lowest BCUT2D eigenvalue weighted by molar-refractivity contribution is 0.102. The van der Waals surface area contributed by atoms with Crippen LogP contribution in [0.25, 0.3) is 0 Å². The maximum absolute atomic E-state index is 12.3. The molecule has 2 aromatic rings. The fourth-order valence-corrected chi connectivity index (χ4v) is 3.39. The number of hydrogen-bond donors (Lipinski definition) is 1. The molecule has 0 saturated carbocycles. The van der Waals surface area contributed by atoms with Crippen LogP contribution < -0.4 is 5.32 Å². The Labute approximate surface area is 130 Å². The molecule has 0 radical (unpaired) electrons. The van der Waals surface area contributed by atoms with E-state index in [2.05, 4.69) is 5.32 Å².